The third-order valence-electron chi connectivity index (χ3n) is 6.04. The summed E-state index contributed by atoms with van der Waals surface area (Å²) in [6.45, 7) is 6.50. The summed E-state index contributed by atoms with van der Waals surface area (Å²) in [5.74, 6) is 1.95. The van der Waals surface area contributed by atoms with Gasteiger partial charge in [-0.05, 0) is 62.2 Å². The van der Waals surface area contributed by atoms with Crippen LogP contribution in [0, 0.1) is 0 Å². The summed E-state index contributed by atoms with van der Waals surface area (Å²) in [5.41, 5.74) is 2.32. The molecule has 6 nitrogen and oxygen atoms in total. The number of rotatable bonds is 12. The van der Waals surface area contributed by atoms with Crippen LogP contribution in [0.4, 0.5) is 0 Å². The Morgan fingerprint density at radius 3 is 2.57 bits per heavy atom. The second-order valence-electron chi connectivity index (χ2n) is 9.51. The van der Waals surface area contributed by atoms with E-state index < -0.39 is 5.60 Å². The molecule has 37 heavy (non-hydrogen) atoms. The number of benzene rings is 3. The SMILES string of the molecule is CCCCOc1cc(OCc2ccccc2)ccc1C(=O)COc1c(CO)ccc2c1C=CC(C)(C)O2. The zero-order chi connectivity index (χ0) is 26.3. The molecule has 0 aromatic heterocycles. The van der Waals surface area contributed by atoms with E-state index >= 15 is 0 Å². The zero-order valence-electron chi connectivity index (χ0n) is 21.7. The van der Waals surface area contributed by atoms with Gasteiger partial charge >= 0.3 is 0 Å². The third-order valence-corrected chi connectivity index (χ3v) is 6.04. The number of aliphatic hydroxyl groups excluding tert-OH is 1. The summed E-state index contributed by atoms with van der Waals surface area (Å²) in [6, 6.07) is 18.7. The molecule has 0 aliphatic carbocycles. The summed E-state index contributed by atoms with van der Waals surface area (Å²) >= 11 is 0. The van der Waals surface area contributed by atoms with E-state index in [0.717, 1.165) is 18.4 Å². The molecule has 0 atom stereocenters. The molecule has 0 saturated heterocycles. The highest BCUT2D eigenvalue weighted by molar-refractivity contribution is 6.00. The third kappa shape index (κ3) is 6.71. The van der Waals surface area contributed by atoms with E-state index in [-0.39, 0.29) is 19.0 Å². The van der Waals surface area contributed by atoms with E-state index in [1.807, 2.05) is 62.4 Å². The zero-order valence-corrected chi connectivity index (χ0v) is 21.7. The summed E-state index contributed by atoms with van der Waals surface area (Å²) < 4.78 is 23.9. The fourth-order valence-corrected chi connectivity index (χ4v) is 3.99. The molecule has 0 saturated carbocycles. The predicted octanol–water partition coefficient (Wildman–Crippen LogP) is 6.38. The van der Waals surface area contributed by atoms with E-state index in [9.17, 15) is 9.90 Å². The van der Waals surface area contributed by atoms with Gasteiger partial charge in [-0.25, -0.2) is 0 Å². The highest BCUT2D eigenvalue weighted by atomic mass is 16.5. The van der Waals surface area contributed by atoms with Gasteiger partial charge in [-0.15, -0.1) is 0 Å². The van der Waals surface area contributed by atoms with Crippen LogP contribution >= 0.6 is 0 Å². The molecule has 0 spiro atoms. The molecular formula is C31H34O6. The van der Waals surface area contributed by atoms with Crippen LogP contribution in [0.25, 0.3) is 6.08 Å². The van der Waals surface area contributed by atoms with Crippen molar-refractivity contribution in [1.29, 1.82) is 0 Å². The van der Waals surface area contributed by atoms with Crippen LogP contribution < -0.4 is 18.9 Å². The maximum Gasteiger partial charge on any atom is 0.203 e. The molecule has 4 rings (SSSR count). The maximum atomic E-state index is 13.3. The first-order chi connectivity index (χ1) is 17.9. The maximum absolute atomic E-state index is 13.3. The molecule has 3 aromatic rings. The van der Waals surface area contributed by atoms with E-state index in [0.29, 0.717) is 52.9 Å². The molecule has 1 aliphatic heterocycles. The van der Waals surface area contributed by atoms with Crippen molar-refractivity contribution in [2.24, 2.45) is 0 Å². The van der Waals surface area contributed by atoms with Gasteiger partial charge < -0.3 is 24.1 Å². The summed E-state index contributed by atoms with van der Waals surface area (Å²) in [7, 11) is 0. The largest absolute Gasteiger partial charge is 0.493 e. The first-order valence-corrected chi connectivity index (χ1v) is 12.6. The Morgan fingerprint density at radius 2 is 1.81 bits per heavy atom. The molecule has 0 bridgehead atoms. The number of Topliss-reactive ketones (excluding diaryl/α,β-unsaturated/α-hetero) is 1. The van der Waals surface area contributed by atoms with Gasteiger partial charge in [-0.2, -0.15) is 0 Å². The number of ketones is 1. The average Bonchev–Trinajstić information content (AvgIpc) is 2.90. The van der Waals surface area contributed by atoms with Crippen molar-refractivity contribution in [1.82, 2.24) is 0 Å². The van der Waals surface area contributed by atoms with Crippen molar-refractivity contribution in [3.8, 4) is 23.0 Å². The second-order valence-corrected chi connectivity index (χ2v) is 9.51. The number of carbonyl (C=O) groups is 1. The predicted molar refractivity (Wildman–Crippen MR) is 144 cm³/mol. The van der Waals surface area contributed by atoms with Crippen LogP contribution in [0.3, 0.4) is 0 Å². The van der Waals surface area contributed by atoms with Crippen LogP contribution in [0.1, 0.15) is 60.7 Å². The van der Waals surface area contributed by atoms with Crippen LogP contribution in [0.2, 0.25) is 0 Å². The molecule has 0 unspecified atom stereocenters. The van der Waals surface area contributed by atoms with Gasteiger partial charge in [0.15, 0.2) is 6.61 Å². The first kappa shape index (κ1) is 26.3. The normalized spacial score (nSPS) is 13.4. The van der Waals surface area contributed by atoms with Crippen molar-refractivity contribution in [3.05, 3.63) is 89.0 Å². The molecule has 0 fully saturated rings. The van der Waals surface area contributed by atoms with Gasteiger partial charge in [-0.1, -0.05) is 43.7 Å². The fourth-order valence-electron chi connectivity index (χ4n) is 3.99. The summed E-state index contributed by atoms with van der Waals surface area (Å²) in [4.78, 5) is 13.3. The first-order valence-electron chi connectivity index (χ1n) is 12.6. The van der Waals surface area contributed by atoms with E-state index in [2.05, 4.69) is 6.92 Å². The molecule has 0 radical (unpaired) electrons. The molecule has 6 heteroatoms. The molecule has 1 heterocycles. The lowest BCUT2D eigenvalue weighted by Crippen LogP contribution is -2.27. The standard InChI is InChI=1S/C31H34O6/c1-4-5-17-34-29-18-24(35-20-22-9-7-6-8-10-22)12-13-25(29)27(33)21-36-30-23(19-32)11-14-28-26(30)15-16-31(2,3)37-28/h6-16,18,32H,4-5,17,19-21H2,1-3H3. The number of hydrogen-bond acceptors (Lipinski definition) is 6. The number of fused-ring (bicyclic) bond motifs is 1. The Bertz CT molecular complexity index is 1250. The molecule has 3 aromatic carbocycles. The minimum Gasteiger partial charge on any atom is -0.493 e. The van der Waals surface area contributed by atoms with Crippen LogP contribution in [0.15, 0.2) is 66.7 Å². The quantitative estimate of drug-likeness (QED) is 0.229. The van der Waals surface area contributed by atoms with Crippen molar-refractivity contribution >= 4 is 11.9 Å². The van der Waals surface area contributed by atoms with Crippen LogP contribution in [-0.2, 0) is 13.2 Å². The lowest BCUT2D eigenvalue weighted by Gasteiger charge is -2.29. The second kappa shape index (κ2) is 12.0. The Hall–Kier alpha value is -3.77. The molecule has 194 valence electrons. The molecule has 0 amide bonds. The Morgan fingerprint density at radius 1 is 1.00 bits per heavy atom. The number of unbranched alkanes of at least 4 members (excludes halogenated alkanes) is 1. The lowest BCUT2D eigenvalue weighted by atomic mass is 9.99. The molecule has 1 N–H and O–H groups in total. The van der Waals surface area contributed by atoms with Crippen molar-refractivity contribution < 1.29 is 28.8 Å². The van der Waals surface area contributed by atoms with Crippen LogP contribution in [-0.4, -0.2) is 29.7 Å². The Kier molecular flexibility index (Phi) is 8.51. The van der Waals surface area contributed by atoms with Gasteiger partial charge in [0.05, 0.1) is 24.3 Å². The minimum absolute atomic E-state index is 0.213. The molecule has 1 aliphatic rings. The summed E-state index contributed by atoms with van der Waals surface area (Å²) in [5, 5.41) is 9.87. The smallest absolute Gasteiger partial charge is 0.203 e. The van der Waals surface area contributed by atoms with E-state index in [1.165, 1.54) is 0 Å². The number of aliphatic hydroxyl groups is 1. The minimum atomic E-state index is -0.449. The number of carbonyl (C=O) groups excluding carboxylic acids is 1. The average molecular weight is 503 g/mol. The van der Waals surface area contributed by atoms with Gasteiger partial charge in [0.1, 0.15) is 35.2 Å². The van der Waals surface area contributed by atoms with Gasteiger partial charge in [-0.3, -0.25) is 4.79 Å². The lowest BCUT2D eigenvalue weighted by molar-refractivity contribution is 0.0913. The van der Waals surface area contributed by atoms with Gasteiger partial charge in [0, 0.05) is 11.6 Å². The van der Waals surface area contributed by atoms with Gasteiger partial charge in [0.2, 0.25) is 5.78 Å². The van der Waals surface area contributed by atoms with Crippen molar-refractivity contribution in [2.45, 2.75) is 52.4 Å². The summed E-state index contributed by atoms with van der Waals surface area (Å²) in [6.07, 6.45) is 5.69. The number of hydrogen-bond donors (Lipinski definition) is 1. The number of ether oxygens (including phenoxy) is 4. The Labute approximate surface area is 218 Å². The van der Waals surface area contributed by atoms with Crippen molar-refractivity contribution in [2.75, 3.05) is 13.2 Å². The highest BCUT2D eigenvalue weighted by Gasteiger charge is 2.26. The van der Waals surface area contributed by atoms with Gasteiger partial charge in [0.25, 0.3) is 0 Å². The van der Waals surface area contributed by atoms with E-state index in [1.54, 1.807) is 24.3 Å². The fraction of sp³-hybridized carbons (Fsp3) is 0.323. The topological polar surface area (TPSA) is 74.2 Å². The monoisotopic (exact) mass is 502 g/mol. The van der Waals surface area contributed by atoms with Crippen molar-refractivity contribution in [3.63, 3.8) is 0 Å². The van der Waals surface area contributed by atoms with Crippen LogP contribution in [0.5, 0.6) is 23.0 Å². The molecular weight excluding hydrogens is 468 g/mol. The van der Waals surface area contributed by atoms with E-state index in [4.69, 9.17) is 18.9 Å². The Balaban J connectivity index is 1.52. The highest BCUT2D eigenvalue weighted by Crippen LogP contribution is 2.39.